The molecule has 0 atom stereocenters. The van der Waals surface area contributed by atoms with Crippen LogP contribution in [-0.2, 0) is 4.79 Å². The van der Waals surface area contributed by atoms with Gasteiger partial charge >= 0.3 is 0 Å². The first-order chi connectivity index (χ1) is 17.0. The van der Waals surface area contributed by atoms with E-state index in [0.717, 1.165) is 43.7 Å². The molecule has 1 saturated heterocycles. The maximum Gasteiger partial charge on any atom is 0.273 e. The molecular formula is C27H31N3O4S. The molecule has 5 rings (SSSR count). The Morgan fingerprint density at radius 2 is 1.77 bits per heavy atom. The molecule has 1 amide bonds. The fraction of sp³-hybridized carbons (Fsp3) is 0.481. The Hall–Kier alpha value is -2.87. The Morgan fingerprint density at radius 1 is 1.06 bits per heavy atom. The smallest absolute Gasteiger partial charge is 0.273 e. The minimum absolute atomic E-state index is 0.0142. The third kappa shape index (κ3) is 5.22. The molecule has 2 heterocycles. The Labute approximate surface area is 209 Å². The number of rotatable bonds is 5. The molecule has 35 heavy (non-hydrogen) atoms. The molecule has 0 bridgehead atoms. The van der Waals surface area contributed by atoms with Gasteiger partial charge in [-0.3, -0.25) is 24.8 Å². The second-order valence-electron chi connectivity index (χ2n) is 9.74. The van der Waals surface area contributed by atoms with Crippen LogP contribution in [0.2, 0.25) is 0 Å². The Bertz CT molecular complexity index is 1170. The van der Waals surface area contributed by atoms with Crippen molar-refractivity contribution in [3.8, 4) is 11.3 Å². The van der Waals surface area contributed by atoms with E-state index in [1.807, 2.05) is 17.0 Å². The van der Waals surface area contributed by atoms with E-state index in [1.165, 1.54) is 43.5 Å². The predicted molar refractivity (Wildman–Crippen MR) is 139 cm³/mol. The maximum absolute atomic E-state index is 13.5. The molecule has 8 heteroatoms. The van der Waals surface area contributed by atoms with Gasteiger partial charge in [0.2, 0.25) is 0 Å². The lowest BCUT2D eigenvalue weighted by molar-refractivity contribution is -0.385. The van der Waals surface area contributed by atoms with Crippen LogP contribution in [0.1, 0.15) is 75.5 Å². The number of thioether (sulfide) groups is 1. The molecule has 1 aliphatic heterocycles. The number of benzene rings is 1. The number of carbonyl (C=O) groups excluding carboxylic acids is 1. The molecule has 3 aliphatic rings. The number of nitro groups is 1. The number of nitro benzene ring substituents is 1. The Kier molecular flexibility index (Phi) is 7.09. The molecule has 7 nitrogen and oxygen atoms in total. The number of aliphatic imine (C=N–C) groups is 1. The lowest BCUT2D eigenvalue weighted by Gasteiger charge is -2.31. The second-order valence-corrected chi connectivity index (χ2v) is 10.8. The number of amidine groups is 1. The molecule has 0 N–H and O–H groups in total. The minimum atomic E-state index is -0.383. The molecule has 2 aliphatic carbocycles. The van der Waals surface area contributed by atoms with E-state index < -0.39 is 0 Å². The van der Waals surface area contributed by atoms with Crippen LogP contribution >= 0.6 is 11.8 Å². The number of furan rings is 1. The number of carbonyl (C=O) groups is 1. The molecule has 1 aromatic carbocycles. The van der Waals surface area contributed by atoms with Gasteiger partial charge in [-0.1, -0.05) is 50.7 Å². The summed E-state index contributed by atoms with van der Waals surface area (Å²) in [5.41, 5.74) is 1.31. The molecule has 184 valence electrons. The first-order valence-electron chi connectivity index (χ1n) is 12.7. The highest BCUT2D eigenvalue weighted by Gasteiger charge is 2.39. The minimum Gasteiger partial charge on any atom is -0.457 e. The van der Waals surface area contributed by atoms with Gasteiger partial charge in [-0.2, -0.15) is 0 Å². The standard InChI is InChI=1S/C27H31N3O4S/c1-18-12-13-19(16-23(18)30(32)33)24-15-14-22(34-24)17-25-26(31)29(21-10-6-3-7-11-21)27(35-25)28-20-8-4-2-5-9-20/h12-17,20-21H,2-11H2,1H3. The lowest BCUT2D eigenvalue weighted by Crippen LogP contribution is -2.41. The van der Waals surface area contributed by atoms with Crippen LogP contribution < -0.4 is 0 Å². The van der Waals surface area contributed by atoms with E-state index in [-0.39, 0.29) is 22.6 Å². The highest BCUT2D eigenvalue weighted by molar-refractivity contribution is 8.18. The van der Waals surface area contributed by atoms with Crippen molar-refractivity contribution in [3.63, 3.8) is 0 Å². The van der Waals surface area contributed by atoms with Crippen LogP contribution in [-0.4, -0.2) is 33.0 Å². The number of nitrogens with zero attached hydrogens (tertiary/aromatic N) is 3. The van der Waals surface area contributed by atoms with Crippen LogP contribution in [0, 0.1) is 17.0 Å². The summed E-state index contributed by atoms with van der Waals surface area (Å²) in [5, 5.41) is 12.2. The summed E-state index contributed by atoms with van der Waals surface area (Å²) in [7, 11) is 0. The number of aryl methyl sites for hydroxylation is 1. The molecule has 1 aromatic heterocycles. The molecule has 0 spiro atoms. The fourth-order valence-electron chi connectivity index (χ4n) is 5.28. The molecule has 3 fully saturated rings. The van der Waals surface area contributed by atoms with E-state index in [4.69, 9.17) is 9.41 Å². The van der Waals surface area contributed by atoms with Crippen LogP contribution in [0.25, 0.3) is 17.4 Å². The third-order valence-electron chi connectivity index (χ3n) is 7.23. The molecule has 0 unspecified atom stereocenters. The summed E-state index contributed by atoms with van der Waals surface area (Å²) in [5.74, 6) is 1.11. The average Bonchev–Trinajstić information content (AvgIpc) is 3.45. The van der Waals surface area contributed by atoms with Gasteiger partial charge in [-0.25, -0.2) is 0 Å². The van der Waals surface area contributed by atoms with Gasteiger partial charge in [0.25, 0.3) is 11.6 Å². The van der Waals surface area contributed by atoms with Crippen molar-refractivity contribution in [3.05, 3.63) is 56.7 Å². The quantitative estimate of drug-likeness (QED) is 0.252. The van der Waals surface area contributed by atoms with Gasteiger partial charge in [-0.15, -0.1) is 0 Å². The number of hydrogen-bond donors (Lipinski definition) is 0. The topological polar surface area (TPSA) is 89.0 Å². The van der Waals surface area contributed by atoms with Crippen molar-refractivity contribution in [1.82, 2.24) is 4.90 Å². The SMILES string of the molecule is Cc1ccc(-c2ccc(C=C3SC(=NC4CCCCC4)N(C4CCCCC4)C3=O)o2)cc1[N+](=O)[O-]. The summed E-state index contributed by atoms with van der Waals surface area (Å²) in [6, 6.07) is 9.19. The van der Waals surface area contributed by atoms with Gasteiger partial charge in [-0.05, 0) is 56.5 Å². The van der Waals surface area contributed by atoms with Crippen LogP contribution in [0.15, 0.2) is 44.6 Å². The van der Waals surface area contributed by atoms with E-state index in [0.29, 0.717) is 33.6 Å². The summed E-state index contributed by atoms with van der Waals surface area (Å²) in [6.07, 6.45) is 13.3. The Balaban J connectivity index is 1.42. The summed E-state index contributed by atoms with van der Waals surface area (Å²) in [4.78, 5) is 32.1. The van der Waals surface area contributed by atoms with Crippen molar-refractivity contribution in [1.29, 1.82) is 0 Å². The van der Waals surface area contributed by atoms with Crippen molar-refractivity contribution in [2.24, 2.45) is 4.99 Å². The van der Waals surface area contributed by atoms with Crippen LogP contribution in [0.3, 0.4) is 0 Å². The second kappa shape index (κ2) is 10.4. The lowest BCUT2D eigenvalue weighted by atomic mass is 9.94. The Morgan fingerprint density at radius 3 is 2.49 bits per heavy atom. The van der Waals surface area contributed by atoms with Crippen molar-refractivity contribution < 1.29 is 14.1 Å². The van der Waals surface area contributed by atoms with Crippen molar-refractivity contribution in [2.75, 3.05) is 0 Å². The van der Waals surface area contributed by atoms with Gasteiger partial charge in [0.1, 0.15) is 11.5 Å². The number of amides is 1. The molecule has 2 aromatic rings. The third-order valence-corrected chi connectivity index (χ3v) is 8.23. The van der Waals surface area contributed by atoms with Gasteiger partial charge in [0, 0.05) is 29.3 Å². The fourth-order valence-corrected chi connectivity index (χ4v) is 6.37. The summed E-state index contributed by atoms with van der Waals surface area (Å²) in [6.45, 7) is 1.72. The molecule has 2 saturated carbocycles. The first-order valence-corrected chi connectivity index (χ1v) is 13.5. The zero-order valence-electron chi connectivity index (χ0n) is 20.1. The largest absolute Gasteiger partial charge is 0.457 e. The van der Waals surface area contributed by atoms with Crippen molar-refractivity contribution >= 4 is 34.6 Å². The summed E-state index contributed by atoms with van der Waals surface area (Å²) >= 11 is 1.46. The monoisotopic (exact) mass is 493 g/mol. The highest BCUT2D eigenvalue weighted by atomic mass is 32.2. The predicted octanol–water partition coefficient (Wildman–Crippen LogP) is 7.10. The van der Waals surface area contributed by atoms with Crippen LogP contribution in [0.4, 0.5) is 5.69 Å². The average molecular weight is 494 g/mol. The molecule has 0 radical (unpaired) electrons. The van der Waals surface area contributed by atoms with E-state index >= 15 is 0 Å². The van der Waals surface area contributed by atoms with Gasteiger partial charge in [0.05, 0.1) is 15.9 Å². The van der Waals surface area contributed by atoms with E-state index in [2.05, 4.69) is 0 Å². The highest BCUT2D eigenvalue weighted by Crippen LogP contribution is 2.39. The molecular weight excluding hydrogens is 462 g/mol. The van der Waals surface area contributed by atoms with Crippen molar-refractivity contribution in [2.45, 2.75) is 83.2 Å². The first kappa shape index (κ1) is 23.9. The maximum atomic E-state index is 13.5. The van der Waals surface area contributed by atoms with Gasteiger partial charge < -0.3 is 4.42 Å². The zero-order chi connectivity index (χ0) is 24.4. The number of hydrogen-bond acceptors (Lipinski definition) is 6. The van der Waals surface area contributed by atoms with Gasteiger partial charge in [0.15, 0.2) is 5.17 Å². The van der Waals surface area contributed by atoms with Crippen LogP contribution in [0.5, 0.6) is 0 Å². The normalized spacial score (nSPS) is 22.4. The zero-order valence-corrected chi connectivity index (χ0v) is 20.9. The van der Waals surface area contributed by atoms with E-state index in [1.54, 1.807) is 25.1 Å². The van der Waals surface area contributed by atoms with E-state index in [9.17, 15) is 14.9 Å². The summed E-state index contributed by atoms with van der Waals surface area (Å²) < 4.78 is 6.00.